The van der Waals surface area contributed by atoms with E-state index in [1.54, 1.807) is 6.92 Å². The van der Waals surface area contributed by atoms with Crippen LogP contribution < -0.4 is 5.32 Å². The van der Waals surface area contributed by atoms with Gasteiger partial charge in [-0.1, -0.05) is 13.8 Å². The Balaban J connectivity index is 2.65. The molecule has 0 aliphatic rings. The Bertz CT molecular complexity index is 447. The van der Waals surface area contributed by atoms with Gasteiger partial charge in [-0.15, -0.1) is 0 Å². The molecule has 0 aromatic carbocycles. The van der Waals surface area contributed by atoms with E-state index in [9.17, 15) is 10.1 Å². The fraction of sp³-hybridized carbons (Fsp3) is 0.615. The van der Waals surface area contributed by atoms with Crippen LogP contribution in [0.5, 0.6) is 0 Å². The number of aliphatic hydroxyl groups is 1. The third-order valence-electron chi connectivity index (χ3n) is 3.02. The zero-order valence-corrected chi connectivity index (χ0v) is 11.6. The van der Waals surface area contributed by atoms with Gasteiger partial charge >= 0.3 is 0 Å². The average molecular weight is 267 g/mol. The molecule has 19 heavy (non-hydrogen) atoms. The van der Waals surface area contributed by atoms with Gasteiger partial charge < -0.3 is 10.4 Å². The number of nitrogens with one attached hydrogen (secondary N) is 1. The molecule has 0 bridgehead atoms. The molecule has 106 valence electrons. The molecule has 0 aliphatic carbocycles. The predicted molar refractivity (Wildman–Crippen MR) is 74.2 cm³/mol. The van der Waals surface area contributed by atoms with E-state index < -0.39 is 4.92 Å². The van der Waals surface area contributed by atoms with Crippen LogP contribution in [0.15, 0.2) is 12.3 Å². The summed E-state index contributed by atoms with van der Waals surface area (Å²) >= 11 is 0. The highest BCUT2D eigenvalue weighted by Gasteiger charge is 2.18. The number of pyridine rings is 1. The molecule has 1 aromatic rings. The number of nitrogens with zero attached hydrogens (tertiary/aromatic N) is 2. The van der Waals surface area contributed by atoms with Crippen LogP contribution in [-0.2, 0) is 0 Å². The zero-order chi connectivity index (χ0) is 14.5. The number of aromatic nitrogens is 1. The first-order valence-electron chi connectivity index (χ1n) is 6.31. The van der Waals surface area contributed by atoms with Gasteiger partial charge in [0.25, 0.3) is 5.69 Å². The van der Waals surface area contributed by atoms with Gasteiger partial charge in [0.2, 0.25) is 0 Å². The number of nitro groups is 1. The SMILES string of the molecule is Cc1cc([N+](=O)[O-])cnc1NCC(C)(C)CCCO. The minimum Gasteiger partial charge on any atom is -0.396 e. The second kappa shape index (κ2) is 6.47. The second-order valence-electron chi connectivity index (χ2n) is 5.46. The lowest BCUT2D eigenvalue weighted by molar-refractivity contribution is -0.385. The highest BCUT2D eigenvalue weighted by Crippen LogP contribution is 2.24. The molecule has 0 saturated heterocycles. The number of aliphatic hydroxyl groups excluding tert-OH is 1. The Morgan fingerprint density at radius 2 is 2.21 bits per heavy atom. The number of anilines is 1. The summed E-state index contributed by atoms with van der Waals surface area (Å²) in [6, 6.07) is 1.51. The van der Waals surface area contributed by atoms with Crippen LogP contribution >= 0.6 is 0 Å². The van der Waals surface area contributed by atoms with Crippen molar-refractivity contribution in [3.8, 4) is 0 Å². The van der Waals surface area contributed by atoms with Gasteiger partial charge in [-0.05, 0) is 30.7 Å². The molecule has 2 N–H and O–H groups in total. The van der Waals surface area contributed by atoms with E-state index in [0.29, 0.717) is 12.4 Å². The lowest BCUT2D eigenvalue weighted by Crippen LogP contribution is -2.24. The van der Waals surface area contributed by atoms with E-state index in [0.717, 1.165) is 18.4 Å². The van der Waals surface area contributed by atoms with Gasteiger partial charge in [-0.3, -0.25) is 10.1 Å². The maximum absolute atomic E-state index is 10.6. The smallest absolute Gasteiger partial charge is 0.287 e. The molecule has 1 heterocycles. The zero-order valence-electron chi connectivity index (χ0n) is 11.6. The van der Waals surface area contributed by atoms with Crippen LogP contribution in [-0.4, -0.2) is 28.2 Å². The van der Waals surface area contributed by atoms with E-state index in [1.807, 2.05) is 0 Å². The molecule has 0 saturated carbocycles. The Morgan fingerprint density at radius 1 is 1.53 bits per heavy atom. The second-order valence-corrected chi connectivity index (χ2v) is 5.46. The van der Waals surface area contributed by atoms with Gasteiger partial charge in [-0.2, -0.15) is 0 Å². The summed E-state index contributed by atoms with van der Waals surface area (Å²) in [6.45, 7) is 6.91. The maximum atomic E-state index is 10.6. The van der Waals surface area contributed by atoms with Crippen LogP contribution in [0.25, 0.3) is 0 Å². The summed E-state index contributed by atoms with van der Waals surface area (Å²) in [5.74, 6) is 0.669. The Hall–Kier alpha value is -1.69. The van der Waals surface area contributed by atoms with Crippen LogP contribution in [0.4, 0.5) is 11.5 Å². The summed E-state index contributed by atoms with van der Waals surface area (Å²) in [6.07, 6.45) is 2.93. The number of hydrogen-bond acceptors (Lipinski definition) is 5. The van der Waals surface area contributed by atoms with Crippen molar-refractivity contribution in [1.29, 1.82) is 0 Å². The topological polar surface area (TPSA) is 88.3 Å². The summed E-state index contributed by atoms with van der Waals surface area (Å²) in [5.41, 5.74) is 0.799. The normalized spacial score (nSPS) is 11.4. The first-order chi connectivity index (χ1) is 8.85. The molecule has 0 unspecified atom stereocenters. The fourth-order valence-electron chi connectivity index (χ4n) is 1.81. The lowest BCUT2D eigenvalue weighted by atomic mass is 9.88. The summed E-state index contributed by atoms with van der Waals surface area (Å²) < 4.78 is 0. The molecule has 0 radical (unpaired) electrons. The molecule has 1 rings (SSSR count). The minimum atomic E-state index is -0.449. The first kappa shape index (κ1) is 15.4. The van der Waals surface area contributed by atoms with E-state index >= 15 is 0 Å². The number of aryl methyl sites for hydroxylation is 1. The number of hydrogen-bond donors (Lipinski definition) is 2. The van der Waals surface area contributed by atoms with Crippen molar-refractivity contribution in [2.75, 3.05) is 18.5 Å². The molecule has 0 aliphatic heterocycles. The molecule has 0 spiro atoms. The van der Waals surface area contributed by atoms with Crippen molar-refractivity contribution in [1.82, 2.24) is 4.98 Å². The van der Waals surface area contributed by atoms with Crippen molar-refractivity contribution in [2.45, 2.75) is 33.6 Å². The van der Waals surface area contributed by atoms with Crippen molar-refractivity contribution < 1.29 is 10.0 Å². The summed E-state index contributed by atoms with van der Waals surface area (Å²) in [4.78, 5) is 14.3. The van der Waals surface area contributed by atoms with Gasteiger partial charge in [0, 0.05) is 19.2 Å². The summed E-state index contributed by atoms with van der Waals surface area (Å²) in [5, 5.41) is 22.7. The van der Waals surface area contributed by atoms with Crippen molar-refractivity contribution in [3.05, 3.63) is 27.9 Å². The summed E-state index contributed by atoms with van der Waals surface area (Å²) in [7, 11) is 0. The molecular formula is C13H21N3O3. The van der Waals surface area contributed by atoms with Crippen LogP contribution in [0.3, 0.4) is 0 Å². The average Bonchev–Trinajstić information content (AvgIpc) is 2.35. The van der Waals surface area contributed by atoms with Gasteiger partial charge in [0.05, 0.1) is 4.92 Å². The molecular weight excluding hydrogens is 246 g/mol. The molecule has 0 amide bonds. The van der Waals surface area contributed by atoms with Gasteiger partial charge in [-0.25, -0.2) is 4.98 Å². The van der Waals surface area contributed by atoms with Gasteiger partial charge in [0.15, 0.2) is 0 Å². The monoisotopic (exact) mass is 267 g/mol. The third-order valence-corrected chi connectivity index (χ3v) is 3.02. The fourth-order valence-corrected chi connectivity index (χ4v) is 1.81. The number of rotatable bonds is 7. The first-order valence-corrected chi connectivity index (χ1v) is 6.31. The quantitative estimate of drug-likeness (QED) is 0.585. The molecule has 0 fully saturated rings. The molecule has 1 aromatic heterocycles. The minimum absolute atomic E-state index is 0.00240. The molecule has 6 nitrogen and oxygen atoms in total. The standard InChI is InChI=1S/C13H21N3O3/c1-10-7-11(16(18)19)8-14-12(10)15-9-13(2,3)5-4-6-17/h7-8,17H,4-6,9H2,1-3H3,(H,14,15). The van der Waals surface area contributed by atoms with E-state index in [1.165, 1.54) is 12.3 Å². The Kier molecular flexibility index (Phi) is 5.23. The van der Waals surface area contributed by atoms with Crippen LogP contribution in [0, 0.1) is 22.5 Å². The van der Waals surface area contributed by atoms with E-state index in [-0.39, 0.29) is 17.7 Å². The Morgan fingerprint density at radius 3 is 2.74 bits per heavy atom. The molecule has 6 heteroatoms. The Labute approximate surface area is 113 Å². The van der Waals surface area contributed by atoms with Crippen LogP contribution in [0.1, 0.15) is 32.3 Å². The lowest BCUT2D eigenvalue weighted by Gasteiger charge is -2.25. The van der Waals surface area contributed by atoms with Crippen molar-refractivity contribution in [3.63, 3.8) is 0 Å². The molecule has 0 atom stereocenters. The van der Waals surface area contributed by atoms with E-state index in [4.69, 9.17) is 5.11 Å². The predicted octanol–water partition coefficient (Wildman–Crippen LogP) is 2.51. The highest BCUT2D eigenvalue weighted by atomic mass is 16.6. The maximum Gasteiger partial charge on any atom is 0.287 e. The van der Waals surface area contributed by atoms with Crippen LogP contribution in [0.2, 0.25) is 0 Å². The highest BCUT2D eigenvalue weighted by molar-refractivity contribution is 5.48. The third kappa shape index (κ3) is 4.82. The van der Waals surface area contributed by atoms with Crippen molar-refractivity contribution in [2.24, 2.45) is 5.41 Å². The van der Waals surface area contributed by atoms with Crippen molar-refractivity contribution >= 4 is 11.5 Å². The van der Waals surface area contributed by atoms with Gasteiger partial charge in [0.1, 0.15) is 12.0 Å². The largest absolute Gasteiger partial charge is 0.396 e. The van der Waals surface area contributed by atoms with E-state index in [2.05, 4.69) is 24.1 Å².